The molecule has 1 fully saturated rings. The number of hydrogen-bond donors (Lipinski definition) is 1. The van der Waals surface area contributed by atoms with E-state index in [0.29, 0.717) is 28.7 Å². The number of hydrogen-bond acceptors (Lipinski definition) is 5. The van der Waals surface area contributed by atoms with Gasteiger partial charge in [0.25, 0.3) is 5.91 Å². The molecule has 1 saturated heterocycles. The molecule has 0 aromatic heterocycles. The summed E-state index contributed by atoms with van der Waals surface area (Å²) in [6.45, 7) is 7.49. The van der Waals surface area contributed by atoms with Crippen LogP contribution in [0.4, 0.5) is 5.69 Å². The van der Waals surface area contributed by atoms with Crippen molar-refractivity contribution in [1.29, 1.82) is 0 Å². The van der Waals surface area contributed by atoms with Crippen LogP contribution in [0.15, 0.2) is 30.3 Å². The maximum atomic E-state index is 12.9. The number of thioether (sulfide) groups is 1. The molecule has 0 bridgehead atoms. The third-order valence-electron chi connectivity index (χ3n) is 4.97. The SMILES string of the molecule is CCOc1c(Cl)cc(C(=O)Nc2cccc(CN3CCSCC3)c2C)cc1OC. The molecule has 5 nitrogen and oxygen atoms in total. The second-order valence-electron chi connectivity index (χ2n) is 6.85. The van der Waals surface area contributed by atoms with Crippen LogP contribution in [0.3, 0.4) is 0 Å². The van der Waals surface area contributed by atoms with Crippen molar-refractivity contribution in [3.05, 3.63) is 52.0 Å². The molecule has 3 rings (SSSR count). The van der Waals surface area contributed by atoms with Crippen molar-refractivity contribution in [2.75, 3.05) is 43.6 Å². The van der Waals surface area contributed by atoms with Crippen molar-refractivity contribution in [3.8, 4) is 11.5 Å². The fourth-order valence-electron chi connectivity index (χ4n) is 3.32. The molecule has 1 aliphatic heterocycles. The number of methoxy groups -OCH3 is 1. The number of ether oxygens (including phenoxy) is 2. The Labute approximate surface area is 181 Å². The van der Waals surface area contributed by atoms with Gasteiger partial charge in [-0.3, -0.25) is 9.69 Å². The fraction of sp³-hybridized carbons (Fsp3) is 0.409. The summed E-state index contributed by atoms with van der Waals surface area (Å²) in [6, 6.07) is 9.30. The highest BCUT2D eigenvalue weighted by atomic mass is 35.5. The zero-order valence-electron chi connectivity index (χ0n) is 17.1. The van der Waals surface area contributed by atoms with Crippen LogP contribution < -0.4 is 14.8 Å². The van der Waals surface area contributed by atoms with E-state index >= 15 is 0 Å². The highest BCUT2D eigenvalue weighted by Crippen LogP contribution is 2.36. The standard InChI is InChI=1S/C22H27ClN2O3S/c1-4-28-21-18(23)12-17(13-20(21)27-3)22(26)24-19-7-5-6-16(15(19)2)14-25-8-10-29-11-9-25/h5-7,12-13H,4,8-11,14H2,1-3H3,(H,24,26). The maximum absolute atomic E-state index is 12.9. The van der Waals surface area contributed by atoms with E-state index in [2.05, 4.69) is 23.2 Å². The Bertz CT molecular complexity index is 869. The zero-order valence-corrected chi connectivity index (χ0v) is 18.7. The van der Waals surface area contributed by atoms with Gasteiger partial charge in [-0.1, -0.05) is 23.7 Å². The van der Waals surface area contributed by atoms with E-state index in [0.717, 1.165) is 30.9 Å². The Hall–Kier alpha value is -1.89. The molecule has 1 N–H and O–H groups in total. The average molecular weight is 435 g/mol. The van der Waals surface area contributed by atoms with E-state index in [1.165, 1.54) is 24.2 Å². The monoisotopic (exact) mass is 434 g/mol. The number of amides is 1. The van der Waals surface area contributed by atoms with E-state index in [4.69, 9.17) is 21.1 Å². The molecule has 0 atom stereocenters. The van der Waals surface area contributed by atoms with Crippen molar-refractivity contribution >= 4 is 35.0 Å². The lowest BCUT2D eigenvalue weighted by molar-refractivity contribution is 0.102. The van der Waals surface area contributed by atoms with Gasteiger partial charge in [-0.05, 0) is 43.2 Å². The van der Waals surface area contributed by atoms with Crippen LogP contribution in [-0.2, 0) is 6.54 Å². The number of nitrogens with one attached hydrogen (secondary N) is 1. The Morgan fingerprint density at radius 3 is 2.72 bits per heavy atom. The Balaban J connectivity index is 1.78. The summed E-state index contributed by atoms with van der Waals surface area (Å²) >= 11 is 8.31. The van der Waals surface area contributed by atoms with E-state index in [1.54, 1.807) is 12.1 Å². The molecule has 0 spiro atoms. The third kappa shape index (κ3) is 5.38. The second-order valence-corrected chi connectivity index (χ2v) is 8.49. The summed E-state index contributed by atoms with van der Waals surface area (Å²) in [5.74, 6) is 3.01. The van der Waals surface area contributed by atoms with Gasteiger partial charge < -0.3 is 14.8 Å². The molecule has 2 aromatic rings. The van der Waals surface area contributed by atoms with Gasteiger partial charge in [-0.25, -0.2) is 0 Å². The van der Waals surface area contributed by atoms with E-state index in [9.17, 15) is 4.79 Å². The number of benzene rings is 2. The van der Waals surface area contributed by atoms with E-state index in [-0.39, 0.29) is 5.91 Å². The summed E-state index contributed by atoms with van der Waals surface area (Å²) in [4.78, 5) is 15.3. The van der Waals surface area contributed by atoms with Crippen LogP contribution in [-0.4, -0.2) is 49.1 Å². The van der Waals surface area contributed by atoms with Crippen molar-refractivity contribution in [2.24, 2.45) is 0 Å². The van der Waals surface area contributed by atoms with Crippen molar-refractivity contribution < 1.29 is 14.3 Å². The highest BCUT2D eigenvalue weighted by molar-refractivity contribution is 7.99. The summed E-state index contributed by atoms with van der Waals surface area (Å²) in [6.07, 6.45) is 0. The number of rotatable bonds is 7. The number of halogens is 1. The van der Waals surface area contributed by atoms with Gasteiger partial charge in [0.1, 0.15) is 0 Å². The second kappa shape index (κ2) is 10.2. The summed E-state index contributed by atoms with van der Waals surface area (Å²) < 4.78 is 10.9. The summed E-state index contributed by atoms with van der Waals surface area (Å²) in [7, 11) is 1.53. The molecule has 2 aromatic carbocycles. The molecule has 7 heteroatoms. The van der Waals surface area contributed by atoms with Crippen molar-refractivity contribution in [2.45, 2.75) is 20.4 Å². The smallest absolute Gasteiger partial charge is 0.255 e. The Morgan fingerprint density at radius 1 is 1.28 bits per heavy atom. The predicted octanol–water partition coefficient (Wildman–Crippen LogP) is 4.86. The van der Waals surface area contributed by atoms with Gasteiger partial charge in [0.05, 0.1) is 18.7 Å². The minimum atomic E-state index is -0.233. The number of anilines is 1. The highest BCUT2D eigenvalue weighted by Gasteiger charge is 2.18. The first kappa shape index (κ1) is 21.8. The normalized spacial score (nSPS) is 14.5. The van der Waals surface area contributed by atoms with Gasteiger partial charge in [-0.15, -0.1) is 0 Å². The minimum absolute atomic E-state index is 0.233. The lowest BCUT2D eigenvalue weighted by Gasteiger charge is -2.27. The van der Waals surface area contributed by atoms with Crippen LogP contribution in [0, 0.1) is 6.92 Å². The molecule has 29 heavy (non-hydrogen) atoms. The quantitative estimate of drug-likeness (QED) is 0.674. The molecule has 0 radical (unpaired) electrons. The predicted molar refractivity (Wildman–Crippen MR) is 121 cm³/mol. The van der Waals surface area contributed by atoms with Crippen LogP contribution in [0.1, 0.15) is 28.4 Å². The molecule has 1 amide bonds. The Kier molecular flexibility index (Phi) is 7.70. The number of nitrogens with zero attached hydrogens (tertiary/aromatic N) is 1. The first-order chi connectivity index (χ1) is 14.0. The molecular formula is C22H27ClN2O3S. The minimum Gasteiger partial charge on any atom is -0.493 e. The van der Waals surface area contributed by atoms with Gasteiger partial charge in [0.15, 0.2) is 11.5 Å². The molecule has 1 heterocycles. The first-order valence-electron chi connectivity index (χ1n) is 9.73. The molecule has 156 valence electrons. The molecular weight excluding hydrogens is 408 g/mol. The van der Waals surface area contributed by atoms with Gasteiger partial charge >= 0.3 is 0 Å². The van der Waals surface area contributed by atoms with Crippen LogP contribution in [0.2, 0.25) is 5.02 Å². The number of carbonyl (C=O) groups excluding carboxylic acids is 1. The molecule has 1 aliphatic rings. The van der Waals surface area contributed by atoms with Crippen LogP contribution in [0.5, 0.6) is 11.5 Å². The van der Waals surface area contributed by atoms with Crippen molar-refractivity contribution in [3.63, 3.8) is 0 Å². The fourth-order valence-corrected chi connectivity index (χ4v) is 4.56. The van der Waals surface area contributed by atoms with E-state index in [1.807, 2.05) is 30.8 Å². The third-order valence-corrected chi connectivity index (χ3v) is 6.20. The molecule has 0 saturated carbocycles. The zero-order chi connectivity index (χ0) is 20.8. The summed E-state index contributed by atoms with van der Waals surface area (Å²) in [5, 5.41) is 3.37. The lowest BCUT2D eigenvalue weighted by atomic mass is 10.1. The molecule has 0 unspecified atom stereocenters. The largest absolute Gasteiger partial charge is 0.493 e. The van der Waals surface area contributed by atoms with Gasteiger partial charge in [-0.2, -0.15) is 11.8 Å². The van der Waals surface area contributed by atoms with Gasteiger partial charge in [0, 0.05) is 42.4 Å². The Morgan fingerprint density at radius 2 is 2.03 bits per heavy atom. The average Bonchev–Trinajstić information content (AvgIpc) is 2.73. The molecule has 0 aliphatic carbocycles. The van der Waals surface area contributed by atoms with Crippen molar-refractivity contribution in [1.82, 2.24) is 4.90 Å². The van der Waals surface area contributed by atoms with Crippen LogP contribution in [0.25, 0.3) is 0 Å². The van der Waals surface area contributed by atoms with E-state index < -0.39 is 0 Å². The summed E-state index contributed by atoms with van der Waals surface area (Å²) in [5.41, 5.74) is 3.55. The lowest BCUT2D eigenvalue weighted by Crippen LogP contribution is -2.32. The maximum Gasteiger partial charge on any atom is 0.255 e. The first-order valence-corrected chi connectivity index (χ1v) is 11.3. The van der Waals surface area contributed by atoms with Crippen LogP contribution >= 0.6 is 23.4 Å². The van der Waals surface area contributed by atoms with Gasteiger partial charge in [0.2, 0.25) is 0 Å². The number of carbonyl (C=O) groups is 1. The topological polar surface area (TPSA) is 50.8 Å².